The highest BCUT2D eigenvalue weighted by molar-refractivity contribution is 6.05. The first-order valence-electron chi connectivity index (χ1n) is 42.7. The molecule has 123 heavy (non-hydrogen) atoms. The zero-order valence-electron chi connectivity index (χ0n) is 73.1. The van der Waals surface area contributed by atoms with Gasteiger partial charge in [-0.3, -0.25) is 28.8 Å². The van der Waals surface area contributed by atoms with Gasteiger partial charge in [-0.25, -0.2) is 24.0 Å². The number of hydrogen-bond donors (Lipinski definition) is 9. The van der Waals surface area contributed by atoms with Crippen molar-refractivity contribution in [1.82, 2.24) is 39.5 Å². The molecular weight excluding hydrogens is 1570 g/mol. The number of aromatic nitrogens is 4. The Labute approximate surface area is 717 Å². The van der Waals surface area contributed by atoms with Gasteiger partial charge < -0.3 is 85.3 Å². The van der Waals surface area contributed by atoms with Crippen LogP contribution in [0.15, 0.2) is 97.1 Å². The number of nitriles is 1. The zero-order valence-corrected chi connectivity index (χ0v) is 73.1. The van der Waals surface area contributed by atoms with E-state index in [1.54, 1.807) is 71.0 Å². The van der Waals surface area contributed by atoms with Crippen molar-refractivity contribution in [1.29, 1.82) is 5.26 Å². The van der Waals surface area contributed by atoms with Gasteiger partial charge >= 0.3 is 30.1 Å². The van der Waals surface area contributed by atoms with Crippen LogP contribution >= 0.6 is 0 Å². The monoisotopic (exact) mass is 1690 g/mol. The summed E-state index contributed by atoms with van der Waals surface area (Å²) in [6, 6.07) is 31.1. The second kappa shape index (κ2) is 37.2. The Kier molecular flexibility index (Phi) is 28.0. The number of aliphatic hydroxyl groups is 2. The van der Waals surface area contributed by atoms with Crippen molar-refractivity contribution in [3.63, 3.8) is 0 Å². The molecule has 0 radical (unpaired) electrons. The number of nitrogens with one attached hydrogen (secondary N) is 4. The molecule has 9 aliphatic rings. The lowest BCUT2D eigenvalue weighted by molar-refractivity contribution is -0.121. The van der Waals surface area contributed by atoms with E-state index in [-0.39, 0.29) is 104 Å². The summed E-state index contributed by atoms with van der Waals surface area (Å²) in [5, 5.41) is 50.3. The summed E-state index contributed by atoms with van der Waals surface area (Å²) in [4.78, 5) is 130. The van der Waals surface area contributed by atoms with Gasteiger partial charge in [0.15, 0.2) is 17.3 Å². The maximum absolute atomic E-state index is 12.6. The molecule has 4 aromatic heterocycles. The molecule has 0 saturated heterocycles. The maximum Gasteiger partial charge on any atom is 0.407 e. The second-order valence-corrected chi connectivity index (χ2v) is 37.4. The molecule has 7 saturated carbocycles. The predicted molar refractivity (Wildman–Crippen MR) is 465 cm³/mol. The highest BCUT2D eigenvalue weighted by Crippen LogP contribution is 2.53. The fourth-order valence-corrected chi connectivity index (χ4v) is 15.3. The molecule has 29 nitrogen and oxygen atoms in total. The standard InChI is InChI=1S/C23H30N2O5.C18H22N2O3.C16H16N2O2.C15H14N2O3.C10H19NO3.C7H9NO.C5H11NO/c1-6-29-20(27)19-12-17-8-7-16(15(2)26)11-18(17)25(19)14-23(9-10-23)13-24-21(28)30-22(3,4)5;1-3-23-17(22)16-9-14-5-4-13(12(2)21)8-15(14)20(16)11-18(10-19)6-7-18;1-10(19)11-2-3-12-7-14-15(20)17-8-16(4-5-16)9-18(14)13(12)6-11;18-13-12-5-9-1-2-10(14(19)20)6-11(9)17(12)8-15(3-4-15)7-16-13;1-9(2,3)14-8(13)11-6-10(7-12)4-5-10;1-6(9)7(2-3-7)4-5-8;6-3-5(4-7)1-2-5/h7-8,11-12H,6,9-10,13-14H2,1-5H3,(H,24,28);4-5,8-9H,3,6-7,10-11,19H2,1-2H3;2-3,6-7H,4-5,8-9H2,1H3,(H,17,20);1-2,5-6H,3-4,7-8H2,(H,16,18)(H,19,20);12H,4-7H2,1-3H3,(H,11,13);2-4H2,1H3;7H,1-4,6H2. The molecule has 7 fully saturated rings. The number of carbonyl (C=O) groups is 11. The lowest BCUT2D eigenvalue weighted by atomic mass is 9.99. The molecule has 17 rings (SSSR count). The number of carboxylic acid groups (broad SMARTS) is 1. The number of carboxylic acids is 1. The van der Waals surface area contributed by atoms with Gasteiger partial charge in [0.25, 0.3) is 11.8 Å². The van der Waals surface area contributed by atoms with E-state index < -0.39 is 35.3 Å². The number of amides is 4. The van der Waals surface area contributed by atoms with Crippen LogP contribution in [0.2, 0.25) is 0 Å². The van der Waals surface area contributed by atoms with Gasteiger partial charge in [-0.1, -0.05) is 42.5 Å². The largest absolute Gasteiger partial charge is 0.478 e. The number of hydrogen-bond acceptors (Lipinski definition) is 20. The number of esters is 2. The minimum Gasteiger partial charge on any atom is -0.478 e. The van der Waals surface area contributed by atoms with Crippen molar-refractivity contribution >= 4 is 109 Å². The smallest absolute Gasteiger partial charge is 0.407 e. The highest BCUT2D eigenvalue weighted by Gasteiger charge is 2.50. The topological polar surface area (TPSA) is 429 Å². The van der Waals surface area contributed by atoms with E-state index in [1.165, 1.54) is 19.8 Å². The number of ether oxygens (including phenoxy) is 4. The molecule has 11 N–H and O–H groups in total. The molecule has 8 aromatic rings. The van der Waals surface area contributed by atoms with Crippen LogP contribution in [0.25, 0.3) is 43.6 Å². The molecule has 0 atom stereocenters. The number of fused-ring (bicyclic) bond motifs is 8. The number of alkyl carbamates (subject to hydrolysis) is 2. The summed E-state index contributed by atoms with van der Waals surface area (Å²) in [5.41, 5.74) is 18.5. The number of rotatable bonds is 22. The number of benzene rings is 4. The van der Waals surface area contributed by atoms with E-state index in [9.17, 15) is 52.7 Å². The molecule has 0 bridgehead atoms. The van der Waals surface area contributed by atoms with Crippen LogP contribution in [0.5, 0.6) is 0 Å². The second-order valence-electron chi connectivity index (χ2n) is 37.4. The van der Waals surface area contributed by atoms with Crippen LogP contribution in [0.1, 0.15) is 263 Å². The minimum absolute atomic E-state index is 0.00523. The quantitative estimate of drug-likeness (QED) is 0.0173. The SMILES string of the molecule is CC(=O)C1(CC#N)CC1.CC(=O)c1ccc2cc3n(c2c1)CC1(CC1)CNC3=O.CC(C)(C)OC(=O)NCC1(CO)CC1.CCOC(=O)c1cc2ccc(C(C)=O)cc2n1CC1(CN)CC1.CCOC(=O)c1cc2ccc(C(C)=O)cc2n1CC1(CNC(=O)OC(C)(C)C)CC1.NCC1(CO)CC1.O=C(O)c1ccc2cc3n(c2c1)CC1(CC1)CNC3=O. The Hall–Kier alpha value is -11.1. The molecular formula is C94H121N11O18. The normalized spacial score (nSPS) is 18.0. The first-order chi connectivity index (χ1) is 58.1. The number of ketones is 4. The molecule has 0 unspecified atom stereocenters. The molecule has 6 heterocycles. The van der Waals surface area contributed by atoms with Gasteiger partial charge in [-0.05, 0) is 234 Å². The Morgan fingerprint density at radius 2 is 0.829 bits per heavy atom. The number of aromatic carboxylic acids is 1. The molecule has 4 amide bonds. The van der Waals surface area contributed by atoms with Crippen LogP contribution in [-0.2, 0) is 49.9 Å². The third-order valence-corrected chi connectivity index (χ3v) is 25.1. The third kappa shape index (κ3) is 23.3. The summed E-state index contributed by atoms with van der Waals surface area (Å²) >= 11 is 0. The minimum atomic E-state index is -0.943. The first kappa shape index (κ1) is 92.7. The number of nitrogens with zero attached hydrogens (tertiary/aromatic N) is 5. The molecule has 2 spiro atoms. The van der Waals surface area contributed by atoms with Gasteiger partial charge in [-0.15, -0.1) is 0 Å². The molecule has 2 aliphatic heterocycles. The zero-order chi connectivity index (χ0) is 89.6. The fraction of sp³-hybridized carbons (Fsp3) is 0.532. The summed E-state index contributed by atoms with van der Waals surface area (Å²) in [6.07, 6.45) is 14.2. The summed E-state index contributed by atoms with van der Waals surface area (Å²) in [7, 11) is 0. The Bertz CT molecular complexity index is 5280. The van der Waals surface area contributed by atoms with Crippen molar-refractivity contribution < 1.29 is 87.0 Å². The van der Waals surface area contributed by atoms with Crippen LogP contribution in [0.3, 0.4) is 0 Å². The van der Waals surface area contributed by atoms with Crippen molar-refractivity contribution in [3.05, 3.63) is 142 Å². The first-order valence-corrected chi connectivity index (χ1v) is 42.7. The van der Waals surface area contributed by atoms with Gasteiger partial charge in [0, 0.05) is 170 Å². The lowest BCUT2D eigenvalue weighted by Gasteiger charge is -2.23. The number of carbonyl (C=O) groups excluding carboxylic acids is 10. The van der Waals surface area contributed by atoms with Crippen molar-refractivity contribution in [2.24, 2.45) is 49.4 Å². The van der Waals surface area contributed by atoms with Crippen LogP contribution in [0, 0.1) is 49.2 Å². The summed E-state index contributed by atoms with van der Waals surface area (Å²) in [6.45, 7) is 28.3. The van der Waals surface area contributed by atoms with Gasteiger partial charge in [-0.2, -0.15) is 5.26 Å². The molecule has 660 valence electrons. The van der Waals surface area contributed by atoms with Gasteiger partial charge in [0.2, 0.25) is 0 Å². The van der Waals surface area contributed by atoms with Crippen LogP contribution < -0.4 is 32.7 Å². The van der Waals surface area contributed by atoms with Crippen molar-refractivity contribution in [3.8, 4) is 6.07 Å². The van der Waals surface area contributed by atoms with E-state index in [0.717, 1.165) is 140 Å². The Morgan fingerprint density at radius 1 is 0.480 bits per heavy atom. The third-order valence-electron chi connectivity index (χ3n) is 25.1. The van der Waals surface area contributed by atoms with Gasteiger partial charge in [0.05, 0.1) is 31.5 Å². The molecule has 7 aliphatic carbocycles. The van der Waals surface area contributed by atoms with Crippen molar-refractivity contribution in [2.75, 3.05) is 65.7 Å². The molecule has 29 heteroatoms. The Balaban J connectivity index is 0.000000145. The maximum atomic E-state index is 12.6. The van der Waals surface area contributed by atoms with E-state index in [0.29, 0.717) is 98.3 Å². The molecule has 4 aromatic carbocycles. The number of nitrogens with two attached hydrogens (primary N) is 2. The fourth-order valence-electron chi connectivity index (χ4n) is 15.3. The predicted octanol–water partition coefficient (Wildman–Crippen LogP) is 13.6. The highest BCUT2D eigenvalue weighted by atomic mass is 16.6. The van der Waals surface area contributed by atoms with Crippen LogP contribution in [-0.4, -0.2) is 176 Å². The Morgan fingerprint density at radius 3 is 1.12 bits per heavy atom. The van der Waals surface area contributed by atoms with Gasteiger partial charge in [0.1, 0.15) is 39.8 Å². The number of Topliss-reactive ketones (excluding diaryl/α,β-unsaturated/α-hetero) is 4. The van der Waals surface area contributed by atoms with E-state index in [1.807, 2.05) is 122 Å². The van der Waals surface area contributed by atoms with Crippen LogP contribution in [0.4, 0.5) is 9.59 Å². The summed E-state index contributed by atoms with van der Waals surface area (Å²) in [5.74, 6) is -1.52. The van der Waals surface area contributed by atoms with Crippen molar-refractivity contribution in [2.45, 2.75) is 217 Å². The van der Waals surface area contributed by atoms with E-state index in [2.05, 4.69) is 25.8 Å². The van der Waals surface area contributed by atoms with E-state index >= 15 is 0 Å². The number of aliphatic hydroxyl groups excluding tert-OH is 2. The average molecular weight is 1690 g/mol. The van der Waals surface area contributed by atoms with E-state index in [4.69, 9.17) is 51.0 Å². The average Bonchev–Trinajstić information content (AvgIpc) is 1.60. The summed E-state index contributed by atoms with van der Waals surface area (Å²) < 4.78 is 28.8. The lowest BCUT2D eigenvalue weighted by Crippen LogP contribution is -2.37.